The maximum absolute atomic E-state index is 12.4. The van der Waals surface area contributed by atoms with Crippen LogP contribution in [0.2, 0.25) is 5.02 Å². The van der Waals surface area contributed by atoms with Crippen LogP contribution in [0.4, 0.5) is 0 Å². The lowest BCUT2D eigenvalue weighted by molar-refractivity contribution is 0.0920. The average Bonchev–Trinajstić information content (AvgIpc) is 3.33. The van der Waals surface area contributed by atoms with Crippen LogP contribution in [0.5, 0.6) is 5.75 Å². The lowest BCUT2D eigenvalue weighted by Gasteiger charge is -1.99. The molecule has 1 amide bonds. The van der Waals surface area contributed by atoms with Crippen LogP contribution in [-0.2, 0) is 6.54 Å². The van der Waals surface area contributed by atoms with Gasteiger partial charge in [0.05, 0.1) is 18.7 Å². The molecule has 8 heteroatoms. The SMILES string of the molecule is COc1cccc2cc(C(=O)NCc3nc(-c4ccccc4Cl)no3)oc12. The van der Waals surface area contributed by atoms with Gasteiger partial charge in [0.1, 0.15) is 0 Å². The predicted octanol–water partition coefficient (Wildman–Crippen LogP) is 4.07. The van der Waals surface area contributed by atoms with Crippen LogP contribution in [0.15, 0.2) is 57.5 Å². The van der Waals surface area contributed by atoms with Crippen molar-refractivity contribution >= 4 is 28.5 Å². The molecular formula is C19H14ClN3O4. The minimum atomic E-state index is -0.397. The topological polar surface area (TPSA) is 90.4 Å². The number of ether oxygens (including phenoxy) is 1. The van der Waals surface area contributed by atoms with Crippen LogP contribution in [-0.4, -0.2) is 23.2 Å². The number of carbonyl (C=O) groups is 1. The largest absolute Gasteiger partial charge is 0.493 e. The maximum atomic E-state index is 12.4. The van der Waals surface area contributed by atoms with E-state index in [1.54, 1.807) is 31.4 Å². The Kier molecular flexibility index (Phi) is 4.52. The van der Waals surface area contributed by atoms with E-state index in [-0.39, 0.29) is 18.2 Å². The van der Waals surface area contributed by atoms with E-state index in [0.717, 1.165) is 5.39 Å². The van der Waals surface area contributed by atoms with Crippen molar-refractivity contribution in [3.05, 3.63) is 65.2 Å². The highest BCUT2D eigenvalue weighted by atomic mass is 35.5. The predicted molar refractivity (Wildman–Crippen MR) is 98.7 cm³/mol. The number of amides is 1. The molecule has 2 aromatic heterocycles. The second kappa shape index (κ2) is 7.13. The zero-order valence-corrected chi connectivity index (χ0v) is 15.0. The Morgan fingerprint density at radius 3 is 2.89 bits per heavy atom. The summed E-state index contributed by atoms with van der Waals surface area (Å²) < 4.78 is 16.0. The fourth-order valence-corrected chi connectivity index (χ4v) is 2.85. The minimum absolute atomic E-state index is 0.0600. The first-order valence-electron chi connectivity index (χ1n) is 8.08. The van der Waals surface area contributed by atoms with E-state index in [1.165, 1.54) is 0 Å². The number of nitrogens with one attached hydrogen (secondary N) is 1. The van der Waals surface area contributed by atoms with Crippen molar-refractivity contribution in [1.29, 1.82) is 0 Å². The van der Waals surface area contributed by atoms with E-state index in [9.17, 15) is 4.79 Å². The van der Waals surface area contributed by atoms with Gasteiger partial charge in [0, 0.05) is 10.9 Å². The van der Waals surface area contributed by atoms with Gasteiger partial charge >= 0.3 is 0 Å². The molecule has 4 aromatic rings. The first-order chi connectivity index (χ1) is 13.2. The average molecular weight is 384 g/mol. The number of nitrogens with zero attached hydrogens (tertiary/aromatic N) is 2. The molecule has 0 aliphatic heterocycles. The fraction of sp³-hybridized carbons (Fsp3) is 0.105. The van der Waals surface area contributed by atoms with Crippen molar-refractivity contribution in [1.82, 2.24) is 15.5 Å². The highest BCUT2D eigenvalue weighted by Gasteiger charge is 2.16. The molecule has 0 aliphatic rings. The van der Waals surface area contributed by atoms with Crippen LogP contribution >= 0.6 is 11.6 Å². The highest BCUT2D eigenvalue weighted by Crippen LogP contribution is 2.28. The summed E-state index contributed by atoms with van der Waals surface area (Å²) in [6, 6.07) is 14.3. The Morgan fingerprint density at radius 1 is 1.22 bits per heavy atom. The Bertz CT molecular complexity index is 1120. The number of rotatable bonds is 5. The molecule has 1 N–H and O–H groups in total. The van der Waals surface area contributed by atoms with Gasteiger partial charge in [-0.25, -0.2) is 0 Å². The van der Waals surface area contributed by atoms with Gasteiger partial charge in [0.2, 0.25) is 11.7 Å². The third-order valence-electron chi connectivity index (χ3n) is 3.93. The minimum Gasteiger partial charge on any atom is -0.493 e. The third-order valence-corrected chi connectivity index (χ3v) is 4.26. The molecule has 0 unspecified atom stereocenters. The van der Waals surface area contributed by atoms with Gasteiger partial charge in [0.25, 0.3) is 5.91 Å². The molecule has 2 heterocycles. The molecule has 27 heavy (non-hydrogen) atoms. The summed E-state index contributed by atoms with van der Waals surface area (Å²) in [5, 5.41) is 7.88. The molecular weight excluding hydrogens is 370 g/mol. The lowest BCUT2D eigenvalue weighted by Crippen LogP contribution is -2.22. The molecule has 2 aromatic carbocycles. The zero-order chi connectivity index (χ0) is 18.8. The number of carbonyl (C=O) groups excluding carboxylic acids is 1. The second-order valence-corrected chi connectivity index (χ2v) is 6.07. The van der Waals surface area contributed by atoms with Crippen molar-refractivity contribution in [3.63, 3.8) is 0 Å². The van der Waals surface area contributed by atoms with Crippen molar-refractivity contribution < 1.29 is 18.5 Å². The molecule has 0 radical (unpaired) electrons. The summed E-state index contributed by atoms with van der Waals surface area (Å²) in [5.74, 6) is 0.948. The molecule has 0 aliphatic carbocycles. The molecule has 0 fully saturated rings. The lowest BCUT2D eigenvalue weighted by atomic mass is 10.2. The Labute approximate surface area is 158 Å². The number of hydrogen-bond donors (Lipinski definition) is 1. The maximum Gasteiger partial charge on any atom is 0.287 e. The molecule has 0 saturated heterocycles. The van der Waals surface area contributed by atoms with E-state index < -0.39 is 5.91 Å². The van der Waals surface area contributed by atoms with E-state index >= 15 is 0 Å². The Balaban J connectivity index is 1.48. The first kappa shape index (κ1) is 17.1. The number of benzene rings is 2. The van der Waals surface area contributed by atoms with Gasteiger partial charge in [-0.15, -0.1) is 0 Å². The monoisotopic (exact) mass is 383 g/mol. The van der Waals surface area contributed by atoms with Crippen LogP contribution < -0.4 is 10.1 Å². The van der Waals surface area contributed by atoms with Gasteiger partial charge in [-0.2, -0.15) is 4.98 Å². The second-order valence-electron chi connectivity index (χ2n) is 5.66. The summed E-state index contributed by atoms with van der Waals surface area (Å²) in [5.41, 5.74) is 1.17. The number of halogens is 1. The third kappa shape index (κ3) is 3.37. The molecule has 7 nitrogen and oxygen atoms in total. The van der Waals surface area contributed by atoms with Gasteiger partial charge < -0.3 is 19.0 Å². The molecule has 0 bridgehead atoms. The zero-order valence-electron chi connectivity index (χ0n) is 14.2. The number of fused-ring (bicyclic) bond motifs is 1. The highest BCUT2D eigenvalue weighted by molar-refractivity contribution is 6.33. The van der Waals surface area contributed by atoms with Crippen molar-refractivity contribution in [2.24, 2.45) is 0 Å². The Morgan fingerprint density at radius 2 is 2.07 bits per heavy atom. The van der Waals surface area contributed by atoms with Gasteiger partial charge in [-0.1, -0.05) is 41.0 Å². The summed E-state index contributed by atoms with van der Waals surface area (Å²) >= 11 is 6.12. The van der Waals surface area contributed by atoms with E-state index in [4.69, 9.17) is 25.3 Å². The number of hydrogen-bond acceptors (Lipinski definition) is 6. The quantitative estimate of drug-likeness (QED) is 0.558. The standard InChI is InChI=1S/C19H14ClN3O4/c1-25-14-8-4-5-11-9-15(26-17(11)14)19(24)21-10-16-22-18(23-27-16)12-6-2-3-7-13(12)20/h2-9H,10H2,1H3,(H,21,24). The number of methoxy groups -OCH3 is 1. The number of furan rings is 1. The number of para-hydroxylation sites is 1. The molecule has 0 spiro atoms. The molecule has 0 atom stereocenters. The van der Waals surface area contributed by atoms with Crippen LogP contribution in [0, 0.1) is 0 Å². The smallest absolute Gasteiger partial charge is 0.287 e. The van der Waals surface area contributed by atoms with Crippen LogP contribution in [0.1, 0.15) is 16.4 Å². The normalized spacial score (nSPS) is 10.9. The summed E-state index contributed by atoms with van der Waals surface area (Å²) in [6.07, 6.45) is 0. The number of aromatic nitrogens is 2. The summed E-state index contributed by atoms with van der Waals surface area (Å²) in [7, 11) is 1.54. The first-order valence-corrected chi connectivity index (χ1v) is 8.46. The van der Waals surface area contributed by atoms with Crippen molar-refractivity contribution in [2.75, 3.05) is 7.11 Å². The van der Waals surface area contributed by atoms with Crippen molar-refractivity contribution in [2.45, 2.75) is 6.54 Å². The molecule has 136 valence electrons. The van der Waals surface area contributed by atoms with Gasteiger partial charge in [-0.3, -0.25) is 4.79 Å². The molecule has 4 rings (SSSR count). The van der Waals surface area contributed by atoms with Gasteiger partial charge in [-0.05, 0) is 24.3 Å². The summed E-state index contributed by atoms with van der Waals surface area (Å²) in [6.45, 7) is 0.0600. The van der Waals surface area contributed by atoms with Gasteiger partial charge in [0.15, 0.2) is 17.1 Å². The van der Waals surface area contributed by atoms with Crippen LogP contribution in [0.25, 0.3) is 22.4 Å². The van der Waals surface area contributed by atoms with Crippen molar-refractivity contribution in [3.8, 4) is 17.1 Å². The van der Waals surface area contributed by atoms with E-state index in [2.05, 4.69) is 15.5 Å². The fourth-order valence-electron chi connectivity index (χ4n) is 2.63. The Hall–Kier alpha value is -3.32. The molecule has 0 saturated carbocycles. The van der Waals surface area contributed by atoms with E-state index in [1.807, 2.05) is 24.3 Å². The van der Waals surface area contributed by atoms with E-state index in [0.29, 0.717) is 27.7 Å². The summed E-state index contributed by atoms with van der Waals surface area (Å²) in [4.78, 5) is 16.6. The van der Waals surface area contributed by atoms with Crippen LogP contribution in [0.3, 0.4) is 0 Å².